The Kier molecular flexibility index (Phi) is 5.56. The summed E-state index contributed by atoms with van der Waals surface area (Å²) in [6.07, 6.45) is 2.86. The molecule has 2 aromatic rings. The molecule has 1 aromatic heterocycles. The Hall–Kier alpha value is -1.39. The molecular formula is C16H20BrN3. The van der Waals surface area contributed by atoms with Crippen LogP contribution in [0.25, 0.3) is 0 Å². The normalized spacial score (nSPS) is 10.6. The number of rotatable bonds is 6. The van der Waals surface area contributed by atoms with Gasteiger partial charge in [0.25, 0.3) is 0 Å². The van der Waals surface area contributed by atoms with E-state index in [0.717, 1.165) is 35.4 Å². The average molecular weight is 334 g/mol. The number of pyridine rings is 1. The Morgan fingerprint density at radius 1 is 1.25 bits per heavy atom. The summed E-state index contributed by atoms with van der Waals surface area (Å²) in [6.45, 7) is 4.48. The van der Waals surface area contributed by atoms with Gasteiger partial charge in [-0.3, -0.25) is 0 Å². The van der Waals surface area contributed by atoms with Crippen LogP contribution in [0.5, 0.6) is 0 Å². The zero-order valence-corrected chi connectivity index (χ0v) is 13.3. The van der Waals surface area contributed by atoms with Crippen LogP contribution < -0.4 is 10.6 Å². The summed E-state index contributed by atoms with van der Waals surface area (Å²) in [5.74, 6) is 0.980. The lowest BCUT2D eigenvalue weighted by atomic mass is 10.2. The fourth-order valence-corrected chi connectivity index (χ4v) is 2.82. The van der Waals surface area contributed by atoms with Gasteiger partial charge in [-0.2, -0.15) is 0 Å². The standard InChI is InChI=1S/C16H20BrN3/c1-13-10-15(17)16(19-11-13)20(9-5-8-18)12-14-6-3-2-4-7-14/h2-4,6-7,10-11H,5,8-9,12,18H2,1H3. The Morgan fingerprint density at radius 3 is 2.65 bits per heavy atom. The van der Waals surface area contributed by atoms with Crippen molar-refractivity contribution < 1.29 is 0 Å². The second-order valence-corrected chi connectivity index (χ2v) is 5.72. The largest absolute Gasteiger partial charge is 0.351 e. The van der Waals surface area contributed by atoms with Gasteiger partial charge in [0, 0.05) is 19.3 Å². The van der Waals surface area contributed by atoms with Crippen LogP contribution in [0.15, 0.2) is 47.1 Å². The van der Waals surface area contributed by atoms with Crippen molar-refractivity contribution >= 4 is 21.7 Å². The minimum atomic E-state index is 0.689. The number of aryl methyl sites for hydroxylation is 1. The third-order valence-electron chi connectivity index (χ3n) is 3.11. The van der Waals surface area contributed by atoms with Crippen molar-refractivity contribution in [3.05, 3.63) is 58.2 Å². The van der Waals surface area contributed by atoms with E-state index in [1.807, 2.05) is 19.2 Å². The van der Waals surface area contributed by atoms with E-state index in [0.29, 0.717) is 6.54 Å². The summed E-state index contributed by atoms with van der Waals surface area (Å²) in [6, 6.07) is 12.5. The first-order valence-electron chi connectivity index (χ1n) is 6.82. The van der Waals surface area contributed by atoms with E-state index >= 15 is 0 Å². The molecule has 20 heavy (non-hydrogen) atoms. The highest BCUT2D eigenvalue weighted by molar-refractivity contribution is 9.10. The van der Waals surface area contributed by atoms with Crippen molar-refractivity contribution in [3.8, 4) is 0 Å². The maximum atomic E-state index is 5.65. The summed E-state index contributed by atoms with van der Waals surface area (Å²) in [4.78, 5) is 6.84. The van der Waals surface area contributed by atoms with Crippen LogP contribution in [0.2, 0.25) is 0 Å². The molecule has 0 saturated heterocycles. The van der Waals surface area contributed by atoms with E-state index < -0.39 is 0 Å². The Bertz CT molecular complexity index is 543. The van der Waals surface area contributed by atoms with Crippen LogP contribution in [-0.2, 0) is 6.54 Å². The number of anilines is 1. The zero-order chi connectivity index (χ0) is 14.4. The molecule has 0 spiro atoms. The number of nitrogens with two attached hydrogens (primary N) is 1. The van der Waals surface area contributed by atoms with E-state index in [-0.39, 0.29) is 0 Å². The molecule has 0 aliphatic carbocycles. The number of hydrogen-bond acceptors (Lipinski definition) is 3. The van der Waals surface area contributed by atoms with E-state index in [4.69, 9.17) is 5.73 Å². The van der Waals surface area contributed by atoms with Crippen molar-refractivity contribution in [2.75, 3.05) is 18.0 Å². The zero-order valence-electron chi connectivity index (χ0n) is 11.7. The summed E-state index contributed by atoms with van der Waals surface area (Å²) in [7, 11) is 0. The van der Waals surface area contributed by atoms with Gasteiger partial charge in [-0.05, 0) is 53.0 Å². The van der Waals surface area contributed by atoms with Crippen LogP contribution in [0.3, 0.4) is 0 Å². The van der Waals surface area contributed by atoms with Gasteiger partial charge < -0.3 is 10.6 Å². The van der Waals surface area contributed by atoms with Gasteiger partial charge in [0.1, 0.15) is 5.82 Å². The van der Waals surface area contributed by atoms with Gasteiger partial charge in [-0.15, -0.1) is 0 Å². The van der Waals surface area contributed by atoms with E-state index in [1.54, 1.807) is 0 Å². The van der Waals surface area contributed by atoms with Crippen LogP contribution in [0, 0.1) is 6.92 Å². The van der Waals surface area contributed by atoms with Crippen LogP contribution in [0.4, 0.5) is 5.82 Å². The fraction of sp³-hybridized carbons (Fsp3) is 0.312. The molecule has 0 bridgehead atoms. The number of aromatic nitrogens is 1. The third-order valence-corrected chi connectivity index (χ3v) is 3.69. The van der Waals surface area contributed by atoms with Gasteiger partial charge in [0.2, 0.25) is 0 Å². The first-order chi connectivity index (χ1) is 9.70. The molecule has 1 heterocycles. The van der Waals surface area contributed by atoms with Crippen LogP contribution >= 0.6 is 15.9 Å². The summed E-state index contributed by atoms with van der Waals surface area (Å²) < 4.78 is 1.03. The smallest absolute Gasteiger partial charge is 0.143 e. The molecule has 0 aliphatic heterocycles. The van der Waals surface area contributed by atoms with Crippen molar-refractivity contribution in [2.45, 2.75) is 19.9 Å². The molecule has 0 atom stereocenters. The lowest BCUT2D eigenvalue weighted by Gasteiger charge is -2.25. The van der Waals surface area contributed by atoms with E-state index in [9.17, 15) is 0 Å². The summed E-state index contributed by atoms with van der Waals surface area (Å²) in [5.41, 5.74) is 8.08. The Morgan fingerprint density at radius 2 is 2.00 bits per heavy atom. The predicted octanol–water partition coefficient (Wildman–Crippen LogP) is 3.51. The molecular weight excluding hydrogens is 314 g/mol. The fourth-order valence-electron chi connectivity index (χ4n) is 2.10. The second kappa shape index (κ2) is 7.41. The second-order valence-electron chi connectivity index (χ2n) is 4.87. The third kappa shape index (κ3) is 4.05. The SMILES string of the molecule is Cc1cnc(N(CCCN)Cc2ccccc2)c(Br)c1. The molecule has 2 rings (SSSR count). The number of hydrogen-bond donors (Lipinski definition) is 1. The summed E-state index contributed by atoms with van der Waals surface area (Å²) in [5, 5.41) is 0. The minimum absolute atomic E-state index is 0.689. The maximum absolute atomic E-state index is 5.65. The molecule has 0 amide bonds. The number of nitrogens with zero attached hydrogens (tertiary/aromatic N) is 2. The number of benzene rings is 1. The molecule has 1 aromatic carbocycles. The van der Waals surface area contributed by atoms with Gasteiger partial charge in [-0.1, -0.05) is 30.3 Å². The van der Waals surface area contributed by atoms with Gasteiger partial charge >= 0.3 is 0 Å². The lowest BCUT2D eigenvalue weighted by Crippen LogP contribution is -2.26. The maximum Gasteiger partial charge on any atom is 0.143 e. The molecule has 0 fully saturated rings. The minimum Gasteiger partial charge on any atom is -0.351 e. The van der Waals surface area contributed by atoms with Crippen molar-refractivity contribution in [3.63, 3.8) is 0 Å². The van der Waals surface area contributed by atoms with E-state index in [2.05, 4.69) is 56.1 Å². The quantitative estimate of drug-likeness (QED) is 0.879. The van der Waals surface area contributed by atoms with Gasteiger partial charge in [0.15, 0.2) is 0 Å². The topological polar surface area (TPSA) is 42.2 Å². The van der Waals surface area contributed by atoms with Crippen LogP contribution in [-0.4, -0.2) is 18.1 Å². The molecule has 106 valence electrons. The molecule has 0 saturated carbocycles. The molecule has 3 nitrogen and oxygen atoms in total. The highest BCUT2D eigenvalue weighted by Gasteiger charge is 2.12. The van der Waals surface area contributed by atoms with Crippen LogP contribution in [0.1, 0.15) is 17.5 Å². The highest BCUT2D eigenvalue weighted by Crippen LogP contribution is 2.26. The lowest BCUT2D eigenvalue weighted by molar-refractivity contribution is 0.724. The monoisotopic (exact) mass is 333 g/mol. The van der Waals surface area contributed by atoms with Crippen molar-refractivity contribution in [1.82, 2.24) is 4.98 Å². The van der Waals surface area contributed by atoms with Gasteiger partial charge in [0.05, 0.1) is 4.47 Å². The highest BCUT2D eigenvalue weighted by atomic mass is 79.9. The van der Waals surface area contributed by atoms with E-state index in [1.165, 1.54) is 5.56 Å². The van der Waals surface area contributed by atoms with Crippen molar-refractivity contribution in [1.29, 1.82) is 0 Å². The first-order valence-corrected chi connectivity index (χ1v) is 7.61. The number of halogens is 1. The Labute approximate surface area is 129 Å². The predicted molar refractivity (Wildman–Crippen MR) is 87.8 cm³/mol. The molecule has 2 N–H and O–H groups in total. The molecule has 0 unspecified atom stereocenters. The van der Waals surface area contributed by atoms with Crippen molar-refractivity contribution in [2.24, 2.45) is 5.73 Å². The summed E-state index contributed by atoms with van der Waals surface area (Å²) >= 11 is 3.62. The first kappa shape index (κ1) is 15.0. The molecule has 4 heteroatoms. The molecule has 0 aliphatic rings. The average Bonchev–Trinajstić information content (AvgIpc) is 2.45. The van der Waals surface area contributed by atoms with Gasteiger partial charge in [-0.25, -0.2) is 4.98 Å². The molecule has 0 radical (unpaired) electrons. The Balaban J connectivity index is 2.22.